The molecule has 158 valence electrons. The van der Waals surface area contributed by atoms with Crippen LogP contribution in [0.5, 0.6) is 0 Å². The molecule has 1 aliphatic carbocycles. The van der Waals surface area contributed by atoms with Crippen molar-refractivity contribution in [2.24, 2.45) is 17.3 Å². The van der Waals surface area contributed by atoms with Crippen LogP contribution in [0.2, 0.25) is 0 Å². The Morgan fingerprint density at radius 2 is 1.90 bits per heavy atom. The molecule has 29 heavy (non-hydrogen) atoms. The van der Waals surface area contributed by atoms with Crippen LogP contribution < -0.4 is 5.32 Å². The van der Waals surface area contributed by atoms with E-state index in [2.05, 4.69) is 16.3 Å². The summed E-state index contributed by atoms with van der Waals surface area (Å²) in [6.07, 6.45) is 6.67. The van der Waals surface area contributed by atoms with Gasteiger partial charge in [-0.3, -0.25) is 9.59 Å². The summed E-state index contributed by atoms with van der Waals surface area (Å²) in [6.45, 7) is 7.39. The van der Waals surface area contributed by atoms with Crippen molar-refractivity contribution in [2.45, 2.75) is 71.5 Å². The Kier molecular flexibility index (Phi) is 5.69. The zero-order chi connectivity index (χ0) is 20.6. The van der Waals surface area contributed by atoms with Gasteiger partial charge in [-0.15, -0.1) is 0 Å². The highest BCUT2D eigenvalue weighted by Gasteiger charge is 2.41. The zero-order valence-corrected chi connectivity index (χ0v) is 17.9. The molecule has 1 N–H and O–H groups in total. The monoisotopic (exact) mass is 398 g/mol. The smallest absolute Gasteiger partial charge is 0.229 e. The zero-order valence-electron chi connectivity index (χ0n) is 17.9. The number of hydrogen-bond donors (Lipinski definition) is 1. The fourth-order valence-corrected chi connectivity index (χ4v) is 4.94. The number of ether oxygens (including phenoxy) is 1. The van der Waals surface area contributed by atoms with Crippen molar-refractivity contribution in [2.75, 3.05) is 18.4 Å². The van der Waals surface area contributed by atoms with Crippen LogP contribution in [0.3, 0.4) is 0 Å². The summed E-state index contributed by atoms with van der Waals surface area (Å²) in [7, 11) is 0. The number of nitrogens with one attached hydrogen (secondary N) is 1. The Balaban J connectivity index is 1.39. The van der Waals surface area contributed by atoms with Crippen LogP contribution in [0.25, 0.3) is 0 Å². The first-order chi connectivity index (χ1) is 13.8. The second kappa shape index (κ2) is 8.10. The van der Waals surface area contributed by atoms with Gasteiger partial charge in [0.25, 0.3) is 0 Å². The number of anilines is 1. The lowest BCUT2D eigenvalue weighted by Crippen LogP contribution is -2.46. The first-order valence-electron chi connectivity index (χ1n) is 11.2. The fraction of sp³-hybridized carbons (Fsp3) is 0.667. The molecular formula is C24H34N2O3. The summed E-state index contributed by atoms with van der Waals surface area (Å²) in [5.41, 5.74) is 1.50. The van der Waals surface area contributed by atoms with E-state index >= 15 is 0 Å². The molecular weight excluding hydrogens is 364 g/mol. The van der Waals surface area contributed by atoms with Gasteiger partial charge >= 0.3 is 0 Å². The summed E-state index contributed by atoms with van der Waals surface area (Å²) < 4.78 is 6.38. The molecule has 0 spiro atoms. The molecule has 0 unspecified atom stereocenters. The number of amides is 2. The third kappa shape index (κ3) is 4.50. The molecule has 0 bridgehead atoms. The van der Waals surface area contributed by atoms with Gasteiger partial charge in [-0.1, -0.05) is 45.7 Å². The minimum absolute atomic E-state index is 0.0109. The van der Waals surface area contributed by atoms with Crippen LogP contribution in [-0.2, 0) is 14.3 Å². The Labute approximate surface area is 174 Å². The van der Waals surface area contributed by atoms with Crippen molar-refractivity contribution in [3.8, 4) is 0 Å². The lowest BCUT2D eigenvalue weighted by molar-refractivity contribution is -0.138. The van der Waals surface area contributed by atoms with E-state index in [1.165, 1.54) is 12.8 Å². The Morgan fingerprint density at radius 3 is 2.62 bits per heavy atom. The van der Waals surface area contributed by atoms with Crippen LogP contribution in [0.1, 0.15) is 71.0 Å². The summed E-state index contributed by atoms with van der Waals surface area (Å²) in [5.74, 6) is 1.05. The van der Waals surface area contributed by atoms with Crippen molar-refractivity contribution in [3.05, 3.63) is 29.8 Å². The van der Waals surface area contributed by atoms with Crippen LogP contribution >= 0.6 is 0 Å². The molecule has 2 saturated heterocycles. The number of hydrogen-bond acceptors (Lipinski definition) is 3. The van der Waals surface area contributed by atoms with Crippen LogP contribution in [0.4, 0.5) is 5.69 Å². The number of piperidine rings is 1. The maximum atomic E-state index is 12.8. The molecule has 3 aliphatic rings. The van der Waals surface area contributed by atoms with Gasteiger partial charge < -0.3 is 15.0 Å². The summed E-state index contributed by atoms with van der Waals surface area (Å²) in [6, 6.07) is 8.02. The number of carbonyl (C=O) groups excluding carboxylic acids is 2. The molecule has 2 heterocycles. The molecule has 1 aromatic rings. The topological polar surface area (TPSA) is 58.6 Å². The third-order valence-electron chi connectivity index (χ3n) is 6.73. The third-order valence-corrected chi connectivity index (χ3v) is 6.73. The molecule has 3 fully saturated rings. The first kappa shape index (κ1) is 20.4. The fourth-order valence-electron chi connectivity index (χ4n) is 4.94. The normalized spacial score (nSPS) is 27.7. The van der Waals surface area contributed by atoms with Gasteiger partial charge in [0.15, 0.2) is 0 Å². The van der Waals surface area contributed by atoms with E-state index in [0.29, 0.717) is 11.8 Å². The number of benzene rings is 1. The van der Waals surface area contributed by atoms with E-state index in [-0.39, 0.29) is 24.0 Å². The number of fused-ring (bicyclic) bond motifs is 1. The molecule has 5 nitrogen and oxygen atoms in total. The van der Waals surface area contributed by atoms with Gasteiger partial charge in [0, 0.05) is 36.0 Å². The van der Waals surface area contributed by atoms with Crippen molar-refractivity contribution < 1.29 is 14.3 Å². The van der Waals surface area contributed by atoms with Gasteiger partial charge in [0.05, 0.1) is 12.2 Å². The largest absolute Gasteiger partial charge is 0.370 e. The summed E-state index contributed by atoms with van der Waals surface area (Å²) in [4.78, 5) is 27.2. The molecule has 0 aromatic heterocycles. The van der Waals surface area contributed by atoms with Gasteiger partial charge in [0.1, 0.15) is 0 Å². The molecule has 1 saturated carbocycles. The van der Waals surface area contributed by atoms with E-state index in [0.717, 1.165) is 50.0 Å². The van der Waals surface area contributed by atoms with Crippen LogP contribution in [0.15, 0.2) is 24.3 Å². The Morgan fingerprint density at radius 1 is 1.14 bits per heavy atom. The summed E-state index contributed by atoms with van der Waals surface area (Å²) >= 11 is 0. The number of nitrogens with zero attached hydrogens (tertiary/aromatic N) is 1. The molecule has 5 heteroatoms. The van der Waals surface area contributed by atoms with E-state index in [4.69, 9.17) is 4.74 Å². The molecule has 3 atom stereocenters. The molecule has 1 aromatic carbocycles. The highest BCUT2D eigenvalue weighted by molar-refractivity contribution is 5.94. The standard InChI is InChI=1S/C24H34N2O3/c1-24(2,3)23(28)25-19-10-6-9-17(13-19)21-14-18-15-26(12-11-20(18)29-21)22(27)16-7-4-5-8-16/h6,9-10,13,16,18,20-21H,4-5,7-8,11-12,14-15H2,1-3H3,(H,25,28)/t18-,20+,21-/m1/s1. The predicted molar refractivity (Wildman–Crippen MR) is 113 cm³/mol. The van der Waals surface area contributed by atoms with Crippen LogP contribution in [0, 0.1) is 17.3 Å². The molecule has 2 aliphatic heterocycles. The van der Waals surface area contributed by atoms with Crippen molar-refractivity contribution in [1.82, 2.24) is 4.90 Å². The van der Waals surface area contributed by atoms with Gasteiger partial charge in [-0.25, -0.2) is 0 Å². The lowest BCUT2D eigenvalue weighted by Gasteiger charge is -2.35. The van der Waals surface area contributed by atoms with E-state index < -0.39 is 5.41 Å². The average Bonchev–Trinajstić information content (AvgIpc) is 3.36. The second-order valence-corrected chi connectivity index (χ2v) is 10.0. The van der Waals surface area contributed by atoms with Crippen molar-refractivity contribution in [1.29, 1.82) is 0 Å². The van der Waals surface area contributed by atoms with Crippen molar-refractivity contribution >= 4 is 17.5 Å². The van der Waals surface area contributed by atoms with Crippen LogP contribution in [-0.4, -0.2) is 35.9 Å². The number of likely N-dealkylation sites (tertiary alicyclic amines) is 1. The molecule has 0 radical (unpaired) electrons. The lowest BCUT2D eigenvalue weighted by atomic mass is 9.90. The predicted octanol–water partition coefficient (Wildman–Crippen LogP) is 4.54. The Hall–Kier alpha value is -1.88. The number of carbonyl (C=O) groups is 2. The highest BCUT2D eigenvalue weighted by atomic mass is 16.5. The minimum atomic E-state index is -0.426. The maximum Gasteiger partial charge on any atom is 0.229 e. The average molecular weight is 399 g/mol. The van der Waals surface area contributed by atoms with Crippen molar-refractivity contribution in [3.63, 3.8) is 0 Å². The second-order valence-electron chi connectivity index (χ2n) is 10.0. The minimum Gasteiger partial charge on any atom is -0.370 e. The summed E-state index contributed by atoms with van der Waals surface area (Å²) in [5, 5.41) is 3.01. The maximum absolute atomic E-state index is 12.8. The number of rotatable bonds is 3. The van der Waals surface area contributed by atoms with Gasteiger partial charge in [-0.2, -0.15) is 0 Å². The molecule has 4 rings (SSSR count). The molecule has 2 amide bonds. The highest BCUT2D eigenvalue weighted by Crippen LogP contribution is 2.42. The van der Waals surface area contributed by atoms with Gasteiger partial charge in [-0.05, 0) is 43.4 Å². The SMILES string of the molecule is CC(C)(C)C(=O)Nc1cccc([C@H]2C[C@@H]3CN(C(=O)C4CCCC4)CC[C@@H]3O2)c1. The first-order valence-corrected chi connectivity index (χ1v) is 11.2. The van der Waals surface area contributed by atoms with E-state index in [9.17, 15) is 9.59 Å². The Bertz CT molecular complexity index is 764. The van der Waals surface area contributed by atoms with E-state index in [1.807, 2.05) is 39.0 Å². The van der Waals surface area contributed by atoms with Gasteiger partial charge in [0.2, 0.25) is 11.8 Å². The van der Waals surface area contributed by atoms with E-state index in [1.54, 1.807) is 0 Å². The quantitative estimate of drug-likeness (QED) is 0.813.